The highest BCUT2D eigenvalue weighted by Gasteiger charge is 2.36. The molecule has 1 aromatic carbocycles. The number of aldehydes is 1. The van der Waals surface area contributed by atoms with Crippen molar-refractivity contribution in [2.75, 3.05) is 6.61 Å². The minimum absolute atomic E-state index is 0.0545. The first kappa shape index (κ1) is 17.9. The summed E-state index contributed by atoms with van der Waals surface area (Å²) in [6.07, 6.45) is -5.63. The predicted octanol–water partition coefficient (Wildman–Crippen LogP) is -1.54. The van der Waals surface area contributed by atoms with Gasteiger partial charge in [0, 0.05) is 5.56 Å². The van der Waals surface area contributed by atoms with Gasteiger partial charge in [-0.2, -0.15) is 0 Å². The Morgan fingerprint density at radius 2 is 1.59 bits per heavy atom. The van der Waals surface area contributed by atoms with Gasteiger partial charge in [0.25, 0.3) is 0 Å². The van der Waals surface area contributed by atoms with Crippen molar-refractivity contribution in [3.05, 3.63) is 35.4 Å². The monoisotopic (exact) mass is 312 g/mol. The van der Waals surface area contributed by atoms with E-state index in [4.69, 9.17) is 10.2 Å². The number of benzene rings is 1. The molecule has 4 atom stereocenters. The lowest BCUT2D eigenvalue weighted by molar-refractivity contribution is -0.121. The van der Waals surface area contributed by atoms with E-state index in [1.807, 2.05) is 0 Å². The Morgan fingerprint density at radius 3 is 2.05 bits per heavy atom. The molecule has 0 unspecified atom stereocenters. The van der Waals surface area contributed by atoms with Crippen LogP contribution in [0.15, 0.2) is 24.3 Å². The summed E-state index contributed by atoms with van der Waals surface area (Å²) < 4.78 is 0. The van der Waals surface area contributed by atoms with Crippen LogP contribution in [0.5, 0.6) is 0 Å². The first-order valence-corrected chi connectivity index (χ1v) is 6.32. The highest BCUT2D eigenvalue weighted by molar-refractivity contribution is 6.11. The number of aliphatic hydroxyl groups is 4. The molecule has 0 aromatic heterocycles. The van der Waals surface area contributed by atoms with Gasteiger partial charge in [-0.1, -0.05) is 18.2 Å². The van der Waals surface area contributed by atoms with Crippen molar-refractivity contribution >= 4 is 18.0 Å². The van der Waals surface area contributed by atoms with Gasteiger partial charge in [0.15, 0.2) is 5.78 Å². The Hall–Kier alpha value is -2.13. The highest BCUT2D eigenvalue weighted by atomic mass is 16.4. The van der Waals surface area contributed by atoms with Crippen LogP contribution >= 0.6 is 0 Å². The molecule has 0 aliphatic carbocycles. The van der Waals surface area contributed by atoms with E-state index >= 15 is 0 Å². The number of rotatable bonds is 8. The molecule has 0 spiro atoms. The smallest absolute Gasteiger partial charge is 0.336 e. The van der Waals surface area contributed by atoms with Gasteiger partial charge in [0.2, 0.25) is 0 Å². The van der Waals surface area contributed by atoms with Crippen molar-refractivity contribution in [2.45, 2.75) is 18.3 Å². The van der Waals surface area contributed by atoms with Crippen LogP contribution in [0, 0.1) is 5.92 Å². The third kappa shape index (κ3) is 3.74. The number of carboxylic acid groups (broad SMARTS) is 1. The van der Waals surface area contributed by atoms with Gasteiger partial charge in [-0.25, -0.2) is 4.79 Å². The minimum Gasteiger partial charge on any atom is -0.478 e. The fraction of sp³-hybridized carbons (Fsp3) is 0.357. The number of ketones is 1. The molecule has 8 heteroatoms. The minimum atomic E-state index is -1.99. The maximum absolute atomic E-state index is 12.2. The molecule has 0 bridgehead atoms. The molecule has 0 saturated carbocycles. The van der Waals surface area contributed by atoms with Crippen molar-refractivity contribution in [3.8, 4) is 0 Å². The van der Waals surface area contributed by atoms with E-state index in [1.165, 1.54) is 18.2 Å². The van der Waals surface area contributed by atoms with Gasteiger partial charge >= 0.3 is 5.97 Å². The second-order valence-corrected chi connectivity index (χ2v) is 4.61. The first-order valence-electron chi connectivity index (χ1n) is 6.32. The quantitative estimate of drug-likeness (QED) is 0.220. The van der Waals surface area contributed by atoms with Crippen LogP contribution < -0.4 is 0 Å². The Labute approximate surface area is 125 Å². The number of hydrogen-bond acceptors (Lipinski definition) is 7. The van der Waals surface area contributed by atoms with Crippen LogP contribution in [0.3, 0.4) is 0 Å². The summed E-state index contributed by atoms with van der Waals surface area (Å²) >= 11 is 0. The van der Waals surface area contributed by atoms with Gasteiger partial charge < -0.3 is 30.3 Å². The second kappa shape index (κ2) is 7.76. The van der Waals surface area contributed by atoms with E-state index in [9.17, 15) is 29.7 Å². The molecular formula is C14H16O8. The Morgan fingerprint density at radius 1 is 1.05 bits per heavy atom. The van der Waals surface area contributed by atoms with Crippen LogP contribution in [0.4, 0.5) is 0 Å². The maximum atomic E-state index is 12.2. The van der Waals surface area contributed by atoms with Crippen LogP contribution in [0.25, 0.3) is 0 Å². The molecule has 1 aromatic rings. The molecule has 0 heterocycles. The molecule has 0 saturated heterocycles. The van der Waals surface area contributed by atoms with E-state index in [-0.39, 0.29) is 17.4 Å². The summed E-state index contributed by atoms with van der Waals surface area (Å²) in [5.74, 6) is -4.18. The van der Waals surface area contributed by atoms with Crippen molar-refractivity contribution in [3.63, 3.8) is 0 Å². The van der Waals surface area contributed by atoms with Gasteiger partial charge in [0.05, 0.1) is 18.3 Å². The van der Waals surface area contributed by atoms with E-state index in [1.54, 1.807) is 0 Å². The zero-order valence-electron chi connectivity index (χ0n) is 11.4. The normalized spacial score (nSPS) is 16.4. The van der Waals surface area contributed by atoms with Gasteiger partial charge in [-0.3, -0.25) is 4.79 Å². The van der Waals surface area contributed by atoms with Crippen molar-refractivity contribution < 1.29 is 39.9 Å². The molecule has 0 aliphatic rings. The van der Waals surface area contributed by atoms with Crippen LogP contribution in [-0.4, -0.2) is 68.5 Å². The standard InChI is InChI=1S/C14H16O8/c15-5-9(12(19)13(20)10(17)6-16)11(18)7-3-1-2-4-8(7)14(21)22/h1-5,9-10,12-13,16-17,19-20H,6H2,(H,21,22)/t9-,10-,12-,13-/m1/s1. The van der Waals surface area contributed by atoms with Crippen molar-refractivity contribution in [1.29, 1.82) is 0 Å². The fourth-order valence-electron chi connectivity index (χ4n) is 1.91. The third-order valence-corrected chi connectivity index (χ3v) is 3.17. The summed E-state index contributed by atoms with van der Waals surface area (Å²) in [5.41, 5.74) is -0.666. The number of aliphatic hydroxyl groups excluding tert-OH is 4. The lowest BCUT2D eigenvalue weighted by Gasteiger charge is -2.25. The average molecular weight is 312 g/mol. The number of aromatic carboxylic acids is 1. The summed E-state index contributed by atoms with van der Waals surface area (Å²) in [6.45, 7) is -0.885. The molecule has 8 nitrogen and oxygen atoms in total. The molecule has 1 rings (SSSR count). The summed E-state index contributed by atoms with van der Waals surface area (Å²) in [5, 5.41) is 46.4. The Bertz CT molecular complexity index is 556. The molecule has 0 fully saturated rings. The number of carbonyl (C=O) groups is 3. The van der Waals surface area contributed by atoms with Crippen molar-refractivity contribution in [1.82, 2.24) is 0 Å². The van der Waals surface area contributed by atoms with Crippen LogP contribution in [0.2, 0.25) is 0 Å². The molecule has 0 aliphatic heterocycles. The number of hydrogen-bond donors (Lipinski definition) is 5. The molecule has 0 radical (unpaired) electrons. The lowest BCUT2D eigenvalue weighted by Crippen LogP contribution is -2.46. The largest absolute Gasteiger partial charge is 0.478 e. The van der Waals surface area contributed by atoms with E-state index in [0.717, 1.165) is 6.07 Å². The Balaban J connectivity index is 3.13. The number of carboxylic acids is 1. The highest BCUT2D eigenvalue weighted by Crippen LogP contribution is 2.18. The van der Waals surface area contributed by atoms with Gasteiger partial charge in [-0.15, -0.1) is 0 Å². The topological polar surface area (TPSA) is 152 Å². The van der Waals surface area contributed by atoms with Crippen LogP contribution in [-0.2, 0) is 4.79 Å². The number of Topliss-reactive ketones (excluding diaryl/α,β-unsaturated/α-hetero) is 1. The SMILES string of the molecule is O=C[C@H](C(=O)c1ccccc1C(=O)O)[C@@H](O)[C@H](O)[C@H](O)CO. The zero-order chi connectivity index (χ0) is 16.9. The van der Waals surface area contributed by atoms with E-state index in [2.05, 4.69) is 0 Å². The average Bonchev–Trinajstić information content (AvgIpc) is 2.53. The molecule has 120 valence electrons. The van der Waals surface area contributed by atoms with Gasteiger partial charge in [0.1, 0.15) is 24.4 Å². The second-order valence-electron chi connectivity index (χ2n) is 4.61. The fourth-order valence-corrected chi connectivity index (χ4v) is 1.91. The molecule has 0 amide bonds. The third-order valence-electron chi connectivity index (χ3n) is 3.17. The molecule has 5 N–H and O–H groups in total. The van der Waals surface area contributed by atoms with Crippen molar-refractivity contribution in [2.24, 2.45) is 5.92 Å². The maximum Gasteiger partial charge on any atom is 0.336 e. The van der Waals surface area contributed by atoms with E-state index < -0.39 is 42.6 Å². The first-order chi connectivity index (χ1) is 10.3. The Kier molecular flexibility index (Phi) is 6.32. The summed E-state index contributed by atoms with van der Waals surface area (Å²) in [4.78, 5) is 34.4. The molecule has 22 heavy (non-hydrogen) atoms. The number of carbonyl (C=O) groups excluding carboxylic acids is 2. The summed E-state index contributed by atoms with van der Waals surface area (Å²) in [6, 6.07) is 5.09. The summed E-state index contributed by atoms with van der Waals surface area (Å²) in [7, 11) is 0. The van der Waals surface area contributed by atoms with Gasteiger partial charge in [-0.05, 0) is 6.07 Å². The lowest BCUT2D eigenvalue weighted by atomic mass is 9.87. The van der Waals surface area contributed by atoms with E-state index in [0.29, 0.717) is 0 Å². The predicted molar refractivity (Wildman–Crippen MR) is 72.4 cm³/mol. The zero-order valence-corrected chi connectivity index (χ0v) is 11.4. The molecular weight excluding hydrogens is 296 g/mol. The van der Waals surface area contributed by atoms with Crippen LogP contribution in [0.1, 0.15) is 20.7 Å².